The number of halogens is 2. The molecule has 7 nitrogen and oxygen atoms in total. The first-order valence-electron chi connectivity index (χ1n) is 10.1. The maximum Gasteiger partial charge on any atom is 0.244 e. The molecule has 0 fully saturated rings. The molecule has 0 aromatic heterocycles. The van der Waals surface area contributed by atoms with Crippen LogP contribution in [-0.2, 0) is 26.2 Å². The predicted molar refractivity (Wildman–Crippen MR) is 126 cm³/mol. The number of nitrogens with one attached hydrogen (secondary N) is 1. The van der Waals surface area contributed by atoms with Gasteiger partial charge in [0, 0.05) is 23.1 Å². The second-order valence-electron chi connectivity index (χ2n) is 7.33. The van der Waals surface area contributed by atoms with Crippen molar-refractivity contribution in [2.45, 2.75) is 32.9 Å². The van der Waals surface area contributed by atoms with Gasteiger partial charge in [-0.2, -0.15) is 0 Å². The second-order valence-corrected chi connectivity index (χ2v) is 10.1. The third-order valence-electron chi connectivity index (χ3n) is 4.81. The summed E-state index contributed by atoms with van der Waals surface area (Å²) in [5.41, 5.74) is 0.531. The van der Waals surface area contributed by atoms with Crippen LogP contribution in [0.25, 0.3) is 0 Å². The van der Waals surface area contributed by atoms with E-state index in [1.165, 1.54) is 30.0 Å². The SMILES string of the molecule is CCCNC(=O)[C@@H](C)N(Cc1ccccc1F)C(=O)CN(c1ccc(Br)cc1)S(C)(=O)=O. The van der Waals surface area contributed by atoms with Crippen LogP contribution in [-0.4, -0.2) is 50.5 Å². The molecular weight excluding hydrogens is 501 g/mol. The van der Waals surface area contributed by atoms with E-state index in [1.54, 1.807) is 30.3 Å². The Bertz CT molecular complexity index is 1050. The third-order valence-corrected chi connectivity index (χ3v) is 6.48. The van der Waals surface area contributed by atoms with Gasteiger partial charge in [-0.1, -0.05) is 41.1 Å². The zero-order chi connectivity index (χ0) is 23.9. The minimum absolute atomic E-state index is 0.176. The van der Waals surface area contributed by atoms with Crippen molar-refractivity contribution < 1.29 is 22.4 Å². The van der Waals surface area contributed by atoms with Gasteiger partial charge in [-0.15, -0.1) is 0 Å². The van der Waals surface area contributed by atoms with Gasteiger partial charge in [0.05, 0.1) is 11.9 Å². The molecule has 0 unspecified atom stereocenters. The fraction of sp³-hybridized carbons (Fsp3) is 0.364. The average molecular weight is 528 g/mol. The number of carbonyl (C=O) groups is 2. The Morgan fingerprint density at radius 3 is 2.31 bits per heavy atom. The predicted octanol–water partition coefficient (Wildman–Crippen LogP) is 3.30. The molecule has 0 heterocycles. The van der Waals surface area contributed by atoms with Crippen molar-refractivity contribution in [3.63, 3.8) is 0 Å². The highest BCUT2D eigenvalue weighted by molar-refractivity contribution is 9.10. The molecule has 0 spiro atoms. The lowest BCUT2D eigenvalue weighted by Crippen LogP contribution is -2.51. The number of nitrogens with zero attached hydrogens (tertiary/aromatic N) is 2. The molecule has 0 bridgehead atoms. The molecule has 2 aromatic carbocycles. The zero-order valence-electron chi connectivity index (χ0n) is 18.2. The first kappa shape index (κ1) is 25.8. The molecule has 0 aliphatic rings. The number of carbonyl (C=O) groups excluding carboxylic acids is 2. The van der Waals surface area contributed by atoms with Crippen molar-refractivity contribution in [1.29, 1.82) is 0 Å². The van der Waals surface area contributed by atoms with Gasteiger partial charge in [0.15, 0.2) is 0 Å². The van der Waals surface area contributed by atoms with Crippen molar-refractivity contribution in [2.75, 3.05) is 23.7 Å². The molecule has 0 aliphatic heterocycles. The van der Waals surface area contributed by atoms with E-state index in [9.17, 15) is 22.4 Å². The largest absolute Gasteiger partial charge is 0.354 e. The highest BCUT2D eigenvalue weighted by Gasteiger charge is 2.30. The van der Waals surface area contributed by atoms with Gasteiger partial charge in [-0.25, -0.2) is 12.8 Å². The number of amides is 2. The summed E-state index contributed by atoms with van der Waals surface area (Å²) in [6.07, 6.45) is 1.71. The van der Waals surface area contributed by atoms with E-state index in [2.05, 4.69) is 21.2 Å². The first-order valence-corrected chi connectivity index (χ1v) is 12.7. The number of hydrogen-bond donors (Lipinski definition) is 1. The lowest BCUT2D eigenvalue weighted by atomic mass is 10.1. The van der Waals surface area contributed by atoms with Crippen molar-refractivity contribution in [2.24, 2.45) is 0 Å². The van der Waals surface area contributed by atoms with Crippen molar-refractivity contribution in [1.82, 2.24) is 10.2 Å². The van der Waals surface area contributed by atoms with Crippen LogP contribution in [0.15, 0.2) is 53.0 Å². The van der Waals surface area contributed by atoms with E-state index in [0.29, 0.717) is 18.7 Å². The van der Waals surface area contributed by atoms with E-state index in [4.69, 9.17) is 0 Å². The average Bonchev–Trinajstić information content (AvgIpc) is 2.74. The summed E-state index contributed by atoms with van der Waals surface area (Å²) < 4.78 is 40.9. The van der Waals surface area contributed by atoms with Gasteiger partial charge in [-0.3, -0.25) is 13.9 Å². The molecule has 2 amide bonds. The Morgan fingerprint density at radius 2 is 1.75 bits per heavy atom. The standard InChI is InChI=1S/C22H27BrFN3O4S/c1-4-13-25-22(29)16(2)26(14-17-7-5-6-8-20(17)24)21(28)15-27(32(3,30)31)19-11-9-18(23)10-12-19/h5-12,16H,4,13-15H2,1-3H3,(H,25,29)/t16-/m1/s1. The van der Waals surface area contributed by atoms with Crippen LogP contribution >= 0.6 is 15.9 Å². The van der Waals surface area contributed by atoms with Crippen molar-refractivity contribution >= 4 is 43.5 Å². The Balaban J connectivity index is 2.37. The first-order chi connectivity index (χ1) is 15.0. The fourth-order valence-corrected chi connectivity index (χ4v) is 4.12. The van der Waals surface area contributed by atoms with Crippen LogP contribution < -0.4 is 9.62 Å². The highest BCUT2D eigenvalue weighted by atomic mass is 79.9. The number of benzene rings is 2. The van der Waals surface area contributed by atoms with Crippen LogP contribution in [0, 0.1) is 5.82 Å². The van der Waals surface area contributed by atoms with Gasteiger partial charge in [0.1, 0.15) is 18.4 Å². The molecule has 0 saturated heterocycles. The van der Waals surface area contributed by atoms with Crippen molar-refractivity contribution in [3.05, 3.63) is 64.4 Å². The Morgan fingerprint density at radius 1 is 1.12 bits per heavy atom. The summed E-state index contributed by atoms with van der Waals surface area (Å²) in [5, 5.41) is 2.73. The number of anilines is 1. The number of hydrogen-bond acceptors (Lipinski definition) is 4. The van der Waals surface area contributed by atoms with E-state index in [1.807, 2.05) is 6.92 Å². The molecule has 2 aromatic rings. The Labute approximate surface area is 196 Å². The van der Waals surface area contributed by atoms with Crippen LogP contribution in [0.3, 0.4) is 0 Å². The Kier molecular flexibility index (Phi) is 9.21. The van der Waals surface area contributed by atoms with Gasteiger partial charge >= 0.3 is 0 Å². The van der Waals surface area contributed by atoms with Crippen LogP contribution in [0.4, 0.5) is 10.1 Å². The number of rotatable bonds is 10. The molecular formula is C22H27BrFN3O4S. The molecule has 0 saturated carbocycles. The summed E-state index contributed by atoms with van der Waals surface area (Å²) >= 11 is 3.30. The smallest absolute Gasteiger partial charge is 0.244 e. The Hall–Kier alpha value is -2.46. The minimum Gasteiger partial charge on any atom is -0.354 e. The highest BCUT2D eigenvalue weighted by Crippen LogP contribution is 2.22. The summed E-state index contributed by atoms with van der Waals surface area (Å²) in [6.45, 7) is 3.16. The van der Waals surface area contributed by atoms with Gasteiger partial charge in [-0.05, 0) is 43.7 Å². The van der Waals surface area contributed by atoms with Crippen LogP contribution in [0.5, 0.6) is 0 Å². The maximum atomic E-state index is 14.3. The van der Waals surface area contributed by atoms with Crippen molar-refractivity contribution in [3.8, 4) is 0 Å². The fourth-order valence-electron chi connectivity index (χ4n) is 3.01. The molecule has 0 aliphatic carbocycles. The molecule has 10 heteroatoms. The second kappa shape index (κ2) is 11.4. The molecule has 32 heavy (non-hydrogen) atoms. The van der Waals surface area contributed by atoms with Gasteiger partial charge < -0.3 is 10.2 Å². The molecule has 174 valence electrons. The zero-order valence-corrected chi connectivity index (χ0v) is 20.6. The molecule has 2 rings (SSSR count). The van der Waals surface area contributed by atoms with E-state index in [0.717, 1.165) is 15.0 Å². The van der Waals surface area contributed by atoms with Crippen LogP contribution in [0.2, 0.25) is 0 Å². The summed E-state index contributed by atoms with van der Waals surface area (Å²) in [6, 6.07) is 11.5. The molecule has 0 radical (unpaired) electrons. The lowest BCUT2D eigenvalue weighted by Gasteiger charge is -2.31. The number of sulfonamides is 1. The molecule has 1 N–H and O–H groups in total. The summed E-state index contributed by atoms with van der Waals surface area (Å²) in [4.78, 5) is 27.1. The van der Waals surface area contributed by atoms with E-state index >= 15 is 0 Å². The summed E-state index contributed by atoms with van der Waals surface area (Å²) in [5.74, 6) is -1.54. The van der Waals surface area contributed by atoms with Crippen LogP contribution in [0.1, 0.15) is 25.8 Å². The van der Waals surface area contributed by atoms with E-state index in [-0.39, 0.29) is 12.1 Å². The van der Waals surface area contributed by atoms with Gasteiger partial charge in [0.2, 0.25) is 21.8 Å². The summed E-state index contributed by atoms with van der Waals surface area (Å²) in [7, 11) is -3.80. The lowest BCUT2D eigenvalue weighted by molar-refractivity contribution is -0.139. The topological polar surface area (TPSA) is 86.8 Å². The minimum atomic E-state index is -3.80. The van der Waals surface area contributed by atoms with Gasteiger partial charge in [0.25, 0.3) is 0 Å². The normalized spacial score (nSPS) is 12.2. The maximum absolute atomic E-state index is 14.3. The third kappa shape index (κ3) is 7.03. The molecule has 1 atom stereocenters. The quantitative estimate of drug-likeness (QED) is 0.513. The van der Waals surface area contributed by atoms with E-state index < -0.39 is 40.2 Å². The monoisotopic (exact) mass is 527 g/mol.